The Morgan fingerprint density at radius 3 is 2.80 bits per heavy atom. The van der Waals surface area contributed by atoms with Gasteiger partial charge in [0.1, 0.15) is 5.75 Å². The second-order valence-electron chi connectivity index (χ2n) is 9.15. The minimum atomic E-state index is -0.637. The molecule has 3 aromatic rings. The van der Waals surface area contributed by atoms with Gasteiger partial charge in [0.05, 0.1) is 30.5 Å². The maximum absolute atomic E-state index is 11.5. The monoisotopic (exact) mass is 405 g/mol. The summed E-state index contributed by atoms with van der Waals surface area (Å²) >= 11 is 0. The normalized spacial score (nSPS) is 26.3. The fourth-order valence-electron chi connectivity index (χ4n) is 5.53. The first-order valence-corrected chi connectivity index (χ1v) is 11.2. The topological polar surface area (TPSA) is 50.5 Å². The van der Waals surface area contributed by atoms with E-state index in [1.165, 1.54) is 23.8 Å². The molecule has 2 bridgehead atoms. The van der Waals surface area contributed by atoms with Gasteiger partial charge >= 0.3 is 0 Å². The molecular formula is C25H31N3O2. The van der Waals surface area contributed by atoms with E-state index >= 15 is 0 Å². The van der Waals surface area contributed by atoms with E-state index in [0.29, 0.717) is 18.6 Å². The van der Waals surface area contributed by atoms with Crippen molar-refractivity contribution >= 4 is 10.9 Å². The molecule has 0 amide bonds. The molecule has 5 rings (SSSR count). The number of aromatic nitrogens is 2. The Labute approximate surface area is 178 Å². The van der Waals surface area contributed by atoms with Crippen molar-refractivity contribution in [2.24, 2.45) is 0 Å². The van der Waals surface area contributed by atoms with Gasteiger partial charge in [0, 0.05) is 36.4 Å². The molecule has 4 heterocycles. The van der Waals surface area contributed by atoms with Crippen LogP contribution in [0.25, 0.3) is 10.9 Å². The second kappa shape index (κ2) is 8.05. The zero-order chi connectivity index (χ0) is 20.6. The molecule has 2 unspecified atom stereocenters. The van der Waals surface area contributed by atoms with Crippen LogP contribution in [-0.4, -0.2) is 50.4 Å². The number of aryl methyl sites for hydroxylation is 1. The summed E-state index contributed by atoms with van der Waals surface area (Å²) in [5.74, 6) is 0.958. The average molecular weight is 406 g/mol. The van der Waals surface area contributed by atoms with Crippen LogP contribution in [0.2, 0.25) is 0 Å². The Kier molecular flexibility index (Phi) is 5.25. The summed E-state index contributed by atoms with van der Waals surface area (Å²) in [7, 11) is 0. The third kappa shape index (κ3) is 3.96. The van der Waals surface area contributed by atoms with Gasteiger partial charge in [-0.1, -0.05) is 12.1 Å². The largest absolute Gasteiger partial charge is 0.494 e. The van der Waals surface area contributed by atoms with Crippen molar-refractivity contribution < 1.29 is 9.84 Å². The number of piperidine rings is 1. The molecule has 1 N–H and O–H groups in total. The highest BCUT2D eigenvalue weighted by molar-refractivity contribution is 5.78. The van der Waals surface area contributed by atoms with E-state index in [9.17, 15) is 5.11 Å². The Morgan fingerprint density at radius 1 is 1.17 bits per heavy atom. The van der Waals surface area contributed by atoms with Crippen molar-refractivity contribution in [3.63, 3.8) is 0 Å². The summed E-state index contributed by atoms with van der Waals surface area (Å²) in [4.78, 5) is 6.89. The third-order valence-electron chi connectivity index (χ3n) is 6.86. The molecule has 158 valence electrons. The molecule has 30 heavy (non-hydrogen) atoms. The van der Waals surface area contributed by atoms with Crippen LogP contribution in [0.15, 0.2) is 55.0 Å². The number of pyridine rings is 1. The van der Waals surface area contributed by atoms with E-state index < -0.39 is 5.60 Å². The molecule has 2 aliphatic rings. The summed E-state index contributed by atoms with van der Waals surface area (Å²) in [6.07, 6.45) is 10.9. The first kappa shape index (κ1) is 19.6. The average Bonchev–Trinajstić information content (AvgIpc) is 3.24. The van der Waals surface area contributed by atoms with Gasteiger partial charge in [-0.3, -0.25) is 9.88 Å². The molecular weight excluding hydrogens is 374 g/mol. The first-order valence-electron chi connectivity index (χ1n) is 11.2. The van der Waals surface area contributed by atoms with E-state index in [0.717, 1.165) is 43.7 Å². The Bertz CT molecular complexity index is 1000. The second-order valence-corrected chi connectivity index (χ2v) is 9.15. The number of benzene rings is 1. The van der Waals surface area contributed by atoms with Gasteiger partial charge in [0.2, 0.25) is 0 Å². The van der Waals surface area contributed by atoms with Crippen molar-refractivity contribution in [2.75, 3.05) is 13.2 Å². The highest BCUT2D eigenvalue weighted by atomic mass is 16.5. The molecule has 0 radical (unpaired) electrons. The lowest BCUT2D eigenvalue weighted by atomic mass is 9.85. The number of nitrogens with zero attached hydrogens (tertiary/aromatic N) is 3. The minimum absolute atomic E-state index is 0.479. The van der Waals surface area contributed by atoms with Crippen LogP contribution in [0, 0.1) is 6.92 Å². The lowest BCUT2D eigenvalue weighted by Gasteiger charge is -2.44. The van der Waals surface area contributed by atoms with Gasteiger partial charge in [-0.2, -0.15) is 0 Å². The first-order chi connectivity index (χ1) is 14.6. The summed E-state index contributed by atoms with van der Waals surface area (Å²) < 4.78 is 8.11. The van der Waals surface area contributed by atoms with Crippen molar-refractivity contribution in [2.45, 2.75) is 63.3 Å². The smallest absolute Gasteiger partial charge is 0.119 e. The molecule has 1 aromatic carbocycles. The van der Waals surface area contributed by atoms with E-state index in [4.69, 9.17) is 4.74 Å². The molecule has 5 nitrogen and oxygen atoms in total. The van der Waals surface area contributed by atoms with E-state index in [-0.39, 0.29) is 0 Å². The molecule has 2 aromatic heterocycles. The highest BCUT2D eigenvalue weighted by Gasteiger charge is 2.47. The number of fused-ring (bicyclic) bond motifs is 3. The molecule has 0 spiro atoms. The SMILES string of the molecule is Cc1cccc(OCCCN2C3CCC2CC(O)(Cn2ccc4ccncc42)C3)c1. The van der Waals surface area contributed by atoms with E-state index in [1.807, 2.05) is 30.6 Å². The standard InChI is InChI=1S/C25H31N3O2/c1-19-4-2-5-23(14-19)30-13-3-11-28-21-6-7-22(28)16-25(29,15-21)18-27-12-9-20-8-10-26-17-24(20)27/h2,4-5,8-10,12,14,17,21-22,29H,3,6-7,11,13,15-16,18H2,1H3. The molecule has 2 aliphatic heterocycles. The van der Waals surface area contributed by atoms with Crippen LogP contribution < -0.4 is 4.74 Å². The predicted octanol–water partition coefficient (Wildman–Crippen LogP) is 4.17. The van der Waals surface area contributed by atoms with Gasteiger partial charge < -0.3 is 14.4 Å². The van der Waals surface area contributed by atoms with Gasteiger partial charge in [0.25, 0.3) is 0 Å². The third-order valence-corrected chi connectivity index (χ3v) is 6.86. The van der Waals surface area contributed by atoms with Crippen LogP contribution in [0.4, 0.5) is 0 Å². The summed E-state index contributed by atoms with van der Waals surface area (Å²) in [6.45, 7) is 4.53. The molecule has 2 atom stereocenters. The molecule has 0 aliphatic carbocycles. The van der Waals surface area contributed by atoms with Gasteiger partial charge in [-0.05, 0) is 68.9 Å². The van der Waals surface area contributed by atoms with Crippen molar-refractivity contribution in [1.82, 2.24) is 14.5 Å². The van der Waals surface area contributed by atoms with Crippen LogP contribution in [0.1, 0.15) is 37.7 Å². The van der Waals surface area contributed by atoms with Gasteiger partial charge in [-0.25, -0.2) is 0 Å². The van der Waals surface area contributed by atoms with Crippen LogP contribution in [0.3, 0.4) is 0 Å². The predicted molar refractivity (Wildman–Crippen MR) is 119 cm³/mol. The molecule has 2 saturated heterocycles. The number of ether oxygens (including phenoxy) is 1. The summed E-state index contributed by atoms with van der Waals surface area (Å²) in [5.41, 5.74) is 1.70. The van der Waals surface area contributed by atoms with E-state index in [2.05, 4.69) is 45.8 Å². The zero-order valence-electron chi connectivity index (χ0n) is 17.7. The van der Waals surface area contributed by atoms with E-state index in [1.54, 1.807) is 0 Å². The quantitative estimate of drug-likeness (QED) is 0.600. The lowest BCUT2D eigenvalue weighted by Crippen LogP contribution is -2.53. The number of aliphatic hydroxyl groups is 1. The van der Waals surface area contributed by atoms with Crippen LogP contribution in [0.5, 0.6) is 5.75 Å². The fraction of sp³-hybridized carbons (Fsp3) is 0.480. The Balaban J connectivity index is 1.17. The summed E-state index contributed by atoms with van der Waals surface area (Å²) in [5, 5.41) is 12.6. The number of hydrogen-bond acceptors (Lipinski definition) is 4. The highest BCUT2D eigenvalue weighted by Crippen LogP contribution is 2.42. The fourth-order valence-corrected chi connectivity index (χ4v) is 5.53. The molecule has 2 fully saturated rings. The van der Waals surface area contributed by atoms with Crippen LogP contribution in [-0.2, 0) is 6.54 Å². The molecule has 0 saturated carbocycles. The van der Waals surface area contributed by atoms with Crippen LogP contribution >= 0.6 is 0 Å². The van der Waals surface area contributed by atoms with Gasteiger partial charge in [-0.15, -0.1) is 0 Å². The Morgan fingerprint density at radius 2 is 2.00 bits per heavy atom. The van der Waals surface area contributed by atoms with Crippen molar-refractivity contribution in [3.8, 4) is 5.75 Å². The molecule has 5 heteroatoms. The summed E-state index contributed by atoms with van der Waals surface area (Å²) in [6, 6.07) is 13.3. The van der Waals surface area contributed by atoms with Crippen molar-refractivity contribution in [3.05, 3.63) is 60.6 Å². The zero-order valence-corrected chi connectivity index (χ0v) is 17.7. The minimum Gasteiger partial charge on any atom is -0.494 e. The lowest BCUT2D eigenvalue weighted by molar-refractivity contribution is -0.0626. The maximum atomic E-state index is 11.5. The number of rotatable bonds is 7. The Hall–Kier alpha value is -2.37. The van der Waals surface area contributed by atoms with Crippen molar-refractivity contribution in [1.29, 1.82) is 0 Å². The van der Waals surface area contributed by atoms with Gasteiger partial charge in [0.15, 0.2) is 0 Å². The maximum Gasteiger partial charge on any atom is 0.119 e. The number of hydrogen-bond donors (Lipinski definition) is 1.